The summed E-state index contributed by atoms with van der Waals surface area (Å²) in [5, 5.41) is 6.18. The Morgan fingerprint density at radius 2 is 2.16 bits per heavy atom. The summed E-state index contributed by atoms with van der Waals surface area (Å²) in [6, 6.07) is 0.436. The van der Waals surface area contributed by atoms with E-state index in [1.165, 1.54) is 0 Å². The van der Waals surface area contributed by atoms with Crippen molar-refractivity contribution in [1.29, 1.82) is 0 Å². The summed E-state index contributed by atoms with van der Waals surface area (Å²) in [6.45, 7) is 5.78. The van der Waals surface area contributed by atoms with Crippen molar-refractivity contribution in [2.45, 2.75) is 31.8 Å². The number of rotatable bonds is 4. The summed E-state index contributed by atoms with van der Waals surface area (Å²) in [5.41, 5.74) is 0. The molecular formula is C13H20N4OS. The van der Waals surface area contributed by atoms with Crippen molar-refractivity contribution in [3.63, 3.8) is 0 Å². The highest BCUT2D eigenvalue weighted by atomic mass is 32.1. The molecule has 19 heavy (non-hydrogen) atoms. The Labute approximate surface area is 117 Å². The average Bonchev–Trinajstić information content (AvgIpc) is 3.08. The number of amides is 1. The van der Waals surface area contributed by atoms with E-state index in [-0.39, 0.29) is 11.9 Å². The third-order valence-electron chi connectivity index (χ3n) is 3.85. The lowest BCUT2D eigenvalue weighted by Crippen LogP contribution is -2.54. The highest BCUT2D eigenvalue weighted by molar-refractivity contribution is 7.13. The first-order valence-corrected chi connectivity index (χ1v) is 7.81. The third kappa shape index (κ3) is 3.06. The number of thiazole rings is 1. The summed E-state index contributed by atoms with van der Waals surface area (Å²) in [5.74, 6) is 0.185. The molecule has 5 nitrogen and oxygen atoms in total. The lowest BCUT2D eigenvalue weighted by Gasteiger charge is -2.37. The van der Waals surface area contributed by atoms with Crippen LogP contribution in [0.25, 0.3) is 0 Å². The molecule has 1 aliphatic heterocycles. The van der Waals surface area contributed by atoms with Crippen molar-refractivity contribution in [2.24, 2.45) is 0 Å². The predicted octanol–water partition coefficient (Wildman–Crippen LogP) is 0.932. The fourth-order valence-corrected chi connectivity index (χ4v) is 3.08. The monoisotopic (exact) mass is 280 g/mol. The van der Waals surface area contributed by atoms with Gasteiger partial charge in [-0.25, -0.2) is 4.98 Å². The SMILES string of the molecule is CC(C(=O)NC1CC1)N1CCN(c2nccs2)CC1. The van der Waals surface area contributed by atoms with E-state index in [1.807, 2.05) is 18.5 Å². The van der Waals surface area contributed by atoms with Crippen LogP contribution < -0.4 is 10.2 Å². The van der Waals surface area contributed by atoms with Gasteiger partial charge in [-0.1, -0.05) is 0 Å². The van der Waals surface area contributed by atoms with Gasteiger partial charge in [0.1, 0.15) is 0 Å². The van der Waals surface area contributed by atoms with E-state index in [0.717, 1.165) is 44.2 Å². The number of carbonyl (C=O) groups is 1. The molecule has 0 aromatic carbocycles. The molecule has 0 spiro atoms. The van der Waals surface area contributed by atoms with Gasteiger partial charge in [0.25, 0.3) is 0 Å². The molecule has 0 radical (unpaired) electrons. The third-order valence-corrected chi connectivity index (χ3v) is 4.69. The van der Waals surface area contributed by atoms with Crippen molar-refractivity contribution in [2.75, 3.05) is 31.1 Å². The minimum atomic E-state index is -0.0148. The zero-order chi connectivity index (χ0) is 13.2. The Bertz CT molecular complexity index is 424. The van der Waals surface area contributed by atoms with Gasteiger partial charge in [-0.2, -0.15) is 0 Å². The Hall–Kier alpha value is -1.14. The molecule has 1 atom stereocenters. The number of anilines is 1. The largest absolute Gasteiger partial charge is 0.352 e. The lowest BCUT2D eigenvalue weighted by molar-refractivity contribution is -0.126. The van der Waals surface area contributed by atoms with Crippen LogP contribution in [0.5, 0.6) is 0 Å². The molecule has 2 fully saturated rings. The highest BCUT2D eigenvalue weighted by Gasteiger charge is 2.30. The first-order chi connectivity index (χ1) is 9.24. The van der Waals surface area contributed by atoms with Gasteiger partial charge in [0.05, 0.1) is 6.04 Å². The second-order valence-corrected chi connectivity index (χ2v) is 6.17. The van der Waals surface area contributed by atoms with Gasteiger partial charge in [0, 0.05) is 43.8 Å². The Morgan fingerprint density at radius 3 is 2.74 bits per heavy atom. The number of carbonyl (C=O) groups excluding carboxylic acids is 1. The van der Waals surface area contributed by atoms with Crippen molar-refractivity contribution in [3.05, 3.63) is 11.6 Å². The molecule has 104 valence electrons. The van der Waals surface area contributed by atoms with Gasteiger partial charge in [-0.3, -0.25) is 9.69 Å². The molecule has 1 aromatic heterocycles. The average molecular weight is 280 g/mol. The topological polar surface area (TPSA) is 48.5 Å². The first kappa shape index (κ1) is 12.9. The molecule has 1 saturated heterocycles. The van der Waals surface area contributed by atoms with E-state index in [4.69, 9.17) is 0 Å². The number of nitrogens with one attached hydrogen (secondary N) is 1. The fourth-order valence-electron chi connectivity index (χ4n) is 2.39. The van der Waals surface area contributed by atoms with Crippen LogP contribution in [0.4, 0.5) is 5.13 Å². The van der Waals surface area contributed by atoms with Crippen molar-refractivity contribution in [1.82, 2.24) is 15.2 Å². The maximum Gasteiger partial charge on any atom is 0.237 e. The van der Waals surface area contributed by atoms with E-state index in [9.17, 15) is 4.79 Å². The zero-order valence-corrected chi connectivity index (χ0v) is 12.0. The second-order valence-electron chi connectivity index (χ2n) is 5.30. The van der Waals surface area contributed by atoms with Crippen LogP contribution in [0.3, 0.4) is 0 Å². The standard InChI is InChI=1S/C13H20N4OS/c1-10(12(18)15-11-2-3-11)16-5-7-17(8-6-16)13-14-4-9-19-13/h4,9-11H,2-3,5-8H2,1H3,(H,15,18). The van der Waals surface area contributed by atoms with Crippen molar-refractivity contribution >= 4 is 22.4 Å². The molecule has 2 heterocycles. The summed E-state index contributed by atoms with van der Waals surface area (Å²) < 4.78 is 0. The predicted molar refractivity (Wildman–Crippen MR) is 76.5 cm³/mol. The Kier molecular flexibility index (Phi) is 3.70. The molecule has 1 unspecified atom stereocenters. The van der Waals surface area contributed by atoms with Gasteiger partial charge in [-0.05, 0) is 19.8 Å². The molecule has 1 aliphatic carbocycles. The first-order valence-electron chi connectivity index (χ1n) is 6.93. The molecule has 1 amide bonds. The summed E-state index contributed by atoms with van der Waals surface area (Å²) in [4.78, 5) is 20.9. The van der Waals surface area contributed by atoms with Crippen molar-refractivity contribution in [3.8, 4) is 0 Å². The molecule has 1 aromatic rings. The molecule has 6 heteroatoms. The van der Waals surface area contributed by atoms with Gasteiger partial charge < -0.3 is 10.2 Å². The molecule has 0 bridgehead atoms. The van der Waals surface area contributed by atoms with Crippen LogP contribution >= 0.6 is 11.3 Å². The molecule has 1 N–H and O–H groups in total. The highest BCUT2D eigenvalue weighted by Crippen LogP contribution is 2.21. The minimum absolute atomic E-state index is 0.0148. The number of hydrogen-bond donors (Lipinski definition) is 1. The normalized spacial score (nSPS) is 22.3. The summed E-state index contributed by atoms with van der Waals surface area (Å²) >= 11 is 1.68. The van der Waals surface area contributed by atoms with E-state index < -0.39 is 0 Å². The van der Waals surface area contributed by atoms with Crippen LogP contribution in [-0.2, 0) is 4.79 Å². The molecular weight excluding hydrogens is 260 g/mol. The van der Waals surface area contributed by atoms with E-state index >= 15 is 0 Å². The lowest BCUT2D eigenvalue weighted by atomic mass is 10.2. The van der Waals surface area contributed by atoms with Crippen LogP contribution in [0, 0.1) is 0 Å². The van der Waals surface area contributed by atoms with Crippen LogP contribution in [0.15, 0.2) is 11.6 Å². The maximum absolute atomic E-state index is 12.0. The smallest absolute Gasteiger partial charge is 0.237 e. The number of aromatic nitrogens is 1. The van der Waals surface area contributed by atoms with E-state index in [1.54, 1.807) is 11.3 Å². The number of piperazine rings is 1. The second kappa shape index (κ2) is 5.46. The van der Waals surface area contributed by atoms with Gasteiger partial charge in [-0.15, -0.1) is 11.3 Å². The molecule has 2 aliphatic rings. The number of hydrogen-bond acceptors (Lipinski definition) is 5. The fraction of sp³-hybridized carbons (Fsp3) is 0.692. The van der Waals surface area contributed by atoms with E-state index in [2.05, 4.69) is 20.1 Å². The Balaban J connectivity index is 1.50. The maximum atomic E-state index is 12.0. The number of nitrogens with zero attached hydrogens (tertiary/aromatic N) is 3. The van der Waals surface area contributed by atoms with E-state index in [0.29, 0.717) is 6.04 Å². The Morgan fingerprint density at radius 1 is 1.42 bits per heavy atom. The zero-order valence-electron chi connectivity index (χ0n) is 11.2. The van der Waals surface area contributed by atoms with Gasteiger partial charge in [0.15, 0.2) is 5.13 Å². The molecule has 3 rings (SSSR count). The van der Waals surface area contributed by atoms with Crippen LogP contribution in [-0.4, -0.2) is 54.1 Å². The van der Waals surface area contributed by atoms with Gasteiger partial charge >= 0.3 is 0 Å². The summed E-state index contributed by atoms with van der Waals surface area (Å²) in [6.07, 6.45) is 4.14. The minimum Gasteiger partial charge on any atom is -0.352 e. The molecule has 1 saturated carbocycles. The quantitative estimate of drug-likeness (QED) is 0.891. The van der Waals surface area contributed by atoms with Crippen molar-refractivity contribution < 1.29 is 4.79 Å². The van der Waals surface area contributed by atoms with Gasteiger partial charge in [0.2, 0.25) is 5.91 Å². The van der Waals surface area contributed by atoms with Crippen LogP contribution in [0.2, 0.25) is 0 Å². The summed E-state index contributed by atoms with van der Waals surface area (Å²) in [7, 11) is 0. The van der Waals surface area contributed by atoms with Crippen LogP contribution in [0.1, 0.15) is 19.8 Å².